The van der Waals surface area contributed by atoms with Crippen molar-refractivity contribution in [3.8, 4) is 0 Å². The summed E-state index contributed by atoms with van der Waals surface area (Å²) in [6.45, 7) is 2.15. The predicted octanol–water partition coefficient (Wildman–Crippen LogP) is 1.40. The van der Waals surface area contributed by atoms with Crippen LogP contribution in [0.4, 0.5) is 11.4 Å². The van der Waals surface area contributed by atoms with E-state index in [0.717, 1.165) is 0 Å². The van der Waals surface area contributed by atoms with Crippen molar-refractivity contribution in [3.05, 3.63) is 33.9 Å². The Labute approximate surface area is 111 Å². The minimum absolute atomic E-state index is 0.121. The number of carbonyl (C=O) groups is 1. The highest BCUT2D eigenvalue weighted by atomic mass is 16.6. The number of carbonyl (C=O) groups excluding carboxylic acids is 1. The van der Waals surface area contributed by atoms with E-state index in [2.05, 4.69) is 10.6 Å². The van der Waals surface area contributed by atoms with Crippen molar-refractivity contribution >= 4 is 17.3 Å². The van der Waals surface area contributed by atoms with Crippen LogP contribution in [-0.4, -0.2) is 37.6 Å². The summed E-state index contributed by atoms with van der Waals surface area (Å²) in [4.78, 5) is 22.2. The molecule has 0 heterocycles. The number of anilines is 1. The van der Waals surface area contributed by atoms with Crippen molar-refractivity contribution in [3.63, 3.8) is 0 Å². The molecule has 0 aromatic heterocycles. The quantitative estimate of drug-likeness (QED) is 0.600. The summed E-state index contributed by atoms with van der Waals surface area (Å²) >= 11 is 0. The van der Waals surface area contributed by atoms with Gasteiger partial charge in [0.15, 0.2) is 0 Å². The molecule has 0 aliphatic heterocycles. The highest BCUT2D eigenvalue weighted by Gasteiger charge is 2.16. The smallest absolute Gasteiger partial charge is 0.270 e. The zero-order valence-electron chi connectivity index (χ0n) is 11.1. The van der Waals surface area contributed by atoms with Gasteiger partial charge in [0.1, 0.15) is 0 Å². The fraction of sp³-hybridized carbons (Fsp3) is 0.417. The molecule has 0 saturated heterocycles. The lowest BCUT2D eigenvalue weighted by atomic mass is 10.1. The van der Waals surface area contributed by atoms with Crippen LogP contribution < -0.4 is 10.6 Å². The molecule has 1 rings (SSSR count). The number of nitrogens with one attached hydrogen (secondary N) is 2. The zero-order valence-corrected chi connectivity index (χ0v) is 11.1. The Hall–Kier alpha value is -2.15. The van der Waals surface area contributed by atoms with Crippen LogP contribution in [0.5, 0.6) is 0 Å². The lowest BCUT2D eigenvalue weighted by Crippen LogP contribution is -2.32. The number of hydrogen-bond acceptors (Lipinski definition) is 5. The van der Waals surface area contributed by atoms with Crippen LogP contribution in [0.25, 0.3) is 0 Å². The number of nitro benzene ring substituents is 1. The fourth-order valence-electron chi connectivity index (χ4n) is 1.47. The molecule has 1 aromatic carbocycles. The summed E-state index contributed by atoms with van der Waals surface area (Å²) in [5.41, 5.74) is 0.650. The number of methoxy groups -OCH3 is 1. The summed E-state index contributed by atoms with van der Waals surface area (Å²) in [6, 6.07) is 4.10. The molecular weight excluding hydrogens is 250 g/mol. The number of hydrogen-bond donors (Lipinski definition) is 2. The number of non-ortho nitro benzene ring substituents is 1. The zero-order chi connectivity index (χ0) is 14.4. The molecule has 1 atom stereocenters. The van der Waals surface area contributed by atoms with Crippen LogP contribution >= 0.6 is 0 Å². The molecule has 2 N–H and O–H groups in total. The van der Waals surface area contributed by atoms with Gasteiger partial charge >= 0.3 is 0 Å². The average molecular weight is 267 g/mol. The van der Waals surface area contributed by atoms with Crippen LogP contribution in [0.3, 0.4) is 0 Å². The minimum atomic E-state index is -0.534. The Bertz CT molecular complexity index is 476. The van der Waals surface area contributed by atoms with Crippen LogP contribution in [0.2, 0.25) is 0 Å². The Kier molecular flexibility index (Phi) is 5.25. The third-order valence-electron chi connectivity index (χ3n) is 2.68. The molecule has 0 saturated carbocycles. The summed E-state index contributed by atoms with van der Waals surface area (Å²) in [7, 11) is 3.19. The summed E-state index contributed by atoms with van der Waals surface area (Å²) < 4.78 is 5.02. The highest BCUT2D eigenvalue weighted by molar-refractivity contribution is 6.00. The van der Waals surface area contributed by atoms with E-state index in [0.29, 0.717) is 12.2 Å². The number of benzene rings is 1. The molecular formula is C12H17N3O4. The van der Waals surface area contributed by atoms with Gasteiger partial charge in [-0.05, 0) is 13.0 Å². The van der Waals surface area contributed by atoms with Gasteiger partial charge < -0.3 is 15.4 Å². The first-order valence-corrected chi connectivity index (χ1v) is 5.76. The van der Waals surface area contributed by atoms with Crippen LogP contribution in [0.15, 0.2) is 18.2 Å². The van der Waals surface area contributed by atoms with Gasteiger partial charge in [0.25, 0.3) is 11.6 Å². The van der Waals surface area contributed by atoms with E-state index in [1.807, 2.05) is 6.92 Å². The molecule has 0 spiro atoms. The van der Waals surface area contributed by atoms with Gasteiger partial charge in [-0.2, -0.15) is 0 Å². The second kappa shape index (κ2) is 6.69. The number of nitrogens with zero attached hydrogens (tertiary/aromatic N) is 1. The Morgan fingerprint density at radius 1 is 1.53 bits per heavy atom. The Balaban J connectivity index is 2.93. The summed E-state index contributed by atoms with van der Waals surface area (Å²) in [6.07, 6.45) is -0.124. The predicted molar refractivity (Wildman–Crippen MR) is 71.4 cm³/mol. The normalized spacial score (nSPS) is 11.7. The molecule has 0 aliphatic carbocycles. The first-order valence-electron chi connectivity index (χ1n) is 5.76. The second-order valence-corrected chi connectivity index (χ2v) is 3.99. The largest absolute Gasteiger partial charge is 0.387 e. The third-order valence-corrected chi connectivity index (χ3v) is 2.68. The average Bonchev–Trinajstić information content (AvgIpc) is 2.43. The maximum Gasteiger partial charge on any atom is 0.270 e. The molecule has 7 heteroatoms. The number of amides is 1. The molecule has 19 heavy (non-hydrogen) atoms. The standard InChI is InChI=1S/C12H17N3O4/c1-8(19-3)7-14-12(16)10-6-9(15(17)18)4-5-11(10)13-2/h4-6,8,13H,7H2,1-3H3,(H,14,16). The first-order chi connectivity index (χ1) is 8.99. The van der Waals surface area contributed by atoms with Crippen molar-refractivity contribution in [2.24, 2.45) is 0 Å². The first kappa shape index (κ1) is 14.9. The number of nitro groups is 1. The second-order valence-electron chi connectivity index (χ2n) is 3.99. The van der Waals surface area contributed by atoms with E-state index in [-0.39, 0.29) is 23.3 Å². The van der Waals surface area contributed by atoms with Gasteiger partial charge in [0, 0.05) is 38.5 Å². The molecule has 7 nitrogen and oxygen atoms in total. The fourth-order valence-corrected chi connectivity index (χ4v) is 1.47. The lowest BCUT2D eigenvalue weighted by Gasteiger charge is -2.12. The van der Waals surface area contributed by atoms with Gasteiger partial charge in [-0.3, -0.25) is 14.9 Å². The van der Waals surface area contributed by atoms with E-state index in [1.165, 1.54) is 18.2 Å². The molecule has 0 radical (unpaired) electrons. The van der Waals surface area contributed by atoms with Crippen LogP contribution in [-0.2, 0) is 4.74 Å². The van der Waals surface area contributed by atoms with Gasteiger partial charge in [-0.1, -0.05) is 0 Å². The van der Waals surface area contributed by atoms with Crippen LogP contribution in [0, 0.1) is 10.1 Å². The molecule has 1 aromatic rings. The molecule has 1 amide bonds. The van der Waals surface area contributed by atoms with Crippen molar-refractivity contribution < 1.29 is 14.5 Å². The van der Waals surface area contributed by atoms with E-state index in [9.17, 15) is 14.9 Å². The maximum atomic E-state index is 12.0. The third kappa shape index (κ3) is 3.92. The minimum Gasteiger partial charge on any atom is -0.387 e. The van der Waals surface area contributed by atoms with Crippen molar-refractivity contribution in [1.82, 2.24) is 5.32 Å². The Morgan fingerprint density at radius 2 is 2.21 bits per heavy atom. The van der Waals surface area contributed by atoms with E-state index >= 15 is 0 Å². The molecule has 104 valence electrons. The molecule has 0 aliphatic rings. The monoisotopic (exact) mass is 267 g/mol. The van der Waals surface area contributed by atoms with Crippen molar-refractivity contribution in [2.45, 2.75) is 13.0 Å². The number of ether oxygens (including phenoxy) is 1. The molecule has 0 bridgehead atoms. The van der Waals surface area contributed by atoms with E-state index < -0.39 is 4.92 Å². The lowest BCUT2D eigenvalue weighted by molar-refractivity contribution is -0.384. The number of rotatable bonds is 6. The summed E-state index contributed by atoms with van der Waals surface area (Å²) in [5, 5.41) is 16.2. The SMILES string of the molecule is CNc1ccc([N+](=O)[O-])cc1C(=O)NCC(C)OC. The van der Waals surface area contributed by atoms with Gasteiger partial charge in [0.2, 0.25) is 0 Å². The van der Waals surface area contributed by atoms with E-state index in [4.69, 9.17) is 4.74 Å². The topological polar surface area (TPSA) is 93.5 Å². The van der Waals surface area contributed by atoms with E-state index in [1.54, 1.807) is 14.2 Å². The molecule has 0 fully saturated rings. The van der Waals surface area contributed by atoms with Gasteiger partial charge in [-0.15, -0.1) is 0 Å². The van der Waals surface area contributed by atoms with Crippen molar-refractivity contribution in [1.29, 1.82) is 0 Å². The van der Waals surface area contributed by atoms with Crippen molar-refractivity contribution in [2.75, 3.05) is 26.0 Å². The van der Waals surface area contributed by atoms with Gasteiger partial charge in [-0.25, -0.2) is 0 Å². The van der Waals surface area contributed by atoms with Gasteiger partial charge in [0.05, 0.1) is 16.6 Å². The Morgan fingerprint density at radius 3 is 2.74 bits per heavy atom. The maximum absolute atomic E-state index is 12.0. The highest BCUT2D eigenvalue weighted by Crippen LogP contribution is 2.21. The summed E-state index contributed by atoms with van der Waals surface area (Å²) in [5.74, 6) is -0.378. The molecule has 1 unspecified atom stereocenters. The van der Waals surface area contributed by atoms with Crippen LogP contribution in [0.1, 0.15) is 17.3 Å².